The Morgan fingerprint density at radius 1 is 1.18 bits per heavy atom. The van der Waals surface area contributed by atoms with Gasteiger partial charge in [-0.25, -0.2) is 0 Å². The third-order valence-electron chi connectivity index (χ3n) is 2.08. The molecular formula is C11H18Cl4N2. The molecule has 0 atom stereocenters. The summed E-state index contributed by atoms with van der Waals surface area (Å²) in [6, 6.07) is 5.70. The summed E-state index contributed by atoms with van der Waals surface area (Å²) in [5, 5.41) is 4.58. The van der Waals surface area contributed by atoms with Crippen molar-refractivity contribution in [3.8, 4) is 0 Å². The number of nitrogens with zero attached hydrogens (tertiary/aromatic N) is 1. The molecule has 0 heterocycles. The lowest BCUT2D eigenvalue weighted by Gasteiger charge is -2.11. The van der Waals surface area contributed by atoms with Crippen molar-refractivity contribution in [1.82, 2.24) is 10.2 Å². The molecule has 1 aromatic rings. The molecule has 0 aromatic heterocycles. The fourth-order valence-electron chi connectivity index (χ4n) is 1.21. The number of rotatable bonds is 5. The van der Waals surface area contributed by atoms with E-state index < -0.39 is 0 Å². The summed E-state index contributed by atoms with van der Waals surface area (Å²) in [6.45, 7) is 2.71. The molecule has 0 spiro atoms. The zero-order valence-corrected chi connectivity index (χ0v) is 13.0. The molecule has 0 unspecified atom stereocenters. The maximum absolute atomic E-state index is 6.05. The normalized spacial score (nSPS) is 9.71. The van der Waals surface area contributed by atoms with E-state index in [9.17, 15) is 0 Å². The molecule has 0 aliphatic rings. The third-order valence-corrected chi connectivity index (χ3v) is 2.94. The Bertz CT molecular complexity index is 318. The van der Waals surface area contributed by atoms with Gasteiger partial charge in [0.1, 0.15) is 0 Å². The molecule has 0 bridgehead atoms. The monoisotopic (exact) mass is 318 g/mol. The topological polar surface area (TPSA) is 15.3 Å². The number of halogens is 4. The highest BCUT2D eigenvalue weighted by Crippen LogP contribution is 2.25. The van der Waals surface area contributed by atoms with E-state index in [1.807, 2.05) is 26.2 Å². The average molecular weight is 320 g/mol. The number of hydrogen-bond donors (Lipinski definition) is 1. The summed E-state index contributed by atoms with van der Waals surface area (Å²) in [5.74, 6) is 0. The Balaban J connectivity index is 0. The predicted molar refractivity (Wildman–Crippen MR) is 81.2 cm³/mol. The molecule has 0 radical (unpaired) electrons. The van der Waals surface area contributed by atoms with Gasteiger partial charge >= 0.3 is 0 Å². The molecule has 1 N–H and O–H groups in total. The fourth-order valence-corrected chi connectivity index (χ4v) is 1.60. The Morgan fingerprint density at radius 3 is 2.41 bits per heavy atom. The molecule has 0 saturated heterocycles. The Kier molecular flexibility index (Phi) is 11.8. The highest BCUT2D eigenvalue weighted by atomic mass is 35.5. The van der Waals surface area contributed by atoms with Crippen molar-refractivity contribution < 1.29 is 0 Å². The molecular weight excluding hydrogens is 302 g/mol. The van der Waals surface area contributed by atoms with Gasteiger partial charge in [0, 0.05) is 19.6 Å². The van der Waals surface area contributed by atoms with Gasteiger partial charge in [-0.1, -0.05) is 35.3 Å². The molecule has 0 amide bonds. The van der Waals surface area contributed by atoms with Crippen LogP contribution in [0.5, 0.6) is 0 Å². The van der Waals surface area contributed by atoms with Crippen molar-refractivity contribution in [1.29, 1.82) is 0 Å². The minimum Gasteiger partial charge on any atom is -0.311 e. The van der Waals surface area contributed by atoms with E-state index in [1.54, 1.807) is 6.07 Å². The first-order valence-corrected chi connectivity index (χ1v) is 5.65. The van der Waals surface area contributed by atoms with Gasteiger partial charge in [0.25, 0.3) is 0 Å². The predicted octanol–water partition coefficient (Wildman–Crippen LogP) is 3.49. The summed E-state index contributed by atoms with van der Waals surface area (Å²) >= 11 is 12.0. The number of nitrogens with one attached hydrogen (secondary N) is 1. The van der Waals surface area contributed by atoms with Crippen molar-refractivity contribution in [2.45, 2.75) is 6.54 Å². The highest BCUT2D eigenvalue weighted by Gasteiger charge is 2.03. The van der Waals surface area contributed by atoms with E-state index in [4.69, 9.17) is 23.2 Å². The standard InChI is InChI=1S/C11H16Cl2N2.2ClH/c1-15(2)7-6-14-8-9-4-3-5-10(12)11(9)13;;/h3-5,14H,6-8H2,1-2H3;2*1H. The van der Waals surface area contributed by atoms with E-state index in [-0.39, 0.29) is 24.8 Å². The molecule has 6 heteroatoms. The molecule has 0 aliphatic carbocycles. The van der Waals surface area contributed by atoms with Crippen LogP contribution >= 0.6 is 48.0 Å². The first kappa shape index (κ1) is 19.6. The van der Waals surface area contributed by atoms with Gasteiger partial charge in [0.15, 0.2) is 0 Å². The van der Waals surface area contributed by atoms with Crippen LogP contribution in [0, 0.1) is 0 Å². The molecule has 0 saturated carbocycles. The Labute approximate surface area is 125 Å². The van der Waals surface area contributed by atoms with Gasteiger partial charge in [-0.3, -0.25) is 0 Å². The lowest BCUT2D eigenvalue weighted by atomic mass is 10.2. The van der Waals surface area contributed by atoms with Crippen LogP contribution in [0.25, 0.3) is 0 Å². The molecule has 17 heavy (non-hydrogen) atoms. The Hall–Kier alpha value is 0.300. The molecule has 1 aromatic carbocycles. The van der Waals surface area contributed by atoms with Gasteiger partial charge in [0.2, 0.25) is 0 Å². The third kappa shape index (κ3) is 7.35. The van der Waals surface area contributed by atoms with Crippen molar-refractivity contribution in [3.63, 3.8) is 0 Å². The van der Waals surface area contributed by atoms with Gasteiger partial charge in [-0.2, -0.15) is 0 Å². The molecule has 0 aliphatic heterocycles. The van der Waals surface area contributed by atoms with Crippen LogP contribution in [0.2, 0.25) is 10.0 Å². The Morgan fingerprint density at radius 2 is 1.82 bits per heavy atom. The van der Waals surface area contributed by atoms with Gasteiger partial charge in [-0.05, 0) is 25.7 Å². The number of benzene rings is 1. The van der Waals surface area contributed by atoms with Crippen molar-refractivity contribution >= 4 is 48.0 Å². The van der Waals surface area contributed by atoms with Gasteiger partial charge in [0.05, 0.1) is 10.0 Å². The maximum Gasteiger partial charge on any atom is 0.0637 e. The summed E-state index contributed by atoms with van der Waals surface area (Å²) in [7, 11) is 4.10. The quantitative estimate of drug-likeness (QED) is 0.836. The van der Waals surface area contributed by atoms with E-state index in [2.05, 4.69) is 10.2 Å². The molecule has 1 rings (SSSR count). The van der Waals surface area contributed by atoms with Crippen LogP contribution in [0.3, 0.4) is 0 Å². The summed E-state index contributed by atoms with van der Waals surface area (Å²) < 4.78 is 0. The summed E-state index contributed by atoms with van der Waals surface area (Å²) in [5.41, 5.74) is 1.04. The van der Waals surface area contributed by atoms with E-state index in [0.29, 0.717) is 10.0 Å². The average Bonchev–Trinajstić information content (AvgIpc) is 2.18. The van der Waals surface area contributed by atoms with Crippen molar-refractivity contribution in [3.05, 3.63) is 33.8 Å². The second kappa shape index (κ2) is 10.2. The maximum atomic E-state index is 6.05. The van der Waals surface area contributed by atoms with Crippen molar-refractivity contribution in [2.75, 3.05) is 27.2 Å². The summed E-state index contributed by atoms with van der Waals surface area (Å²) in [6.07, 6.45) is 0. The first-order valence-electron chi connectivity index (χ1n) is 4.89. The fraction of sp³-hybridized carbons (Fsp3) is 0.455. The lowest BCUT2D eigenvalue weighted by Crippen LogP contribution is -2.26. The largest absolute Gasteiger partial charge is 0.311 e. The van der Waals surface area contributed by atoms with Crippen molar-refractivity contribution in [2.24, 2.45) is 0 Å². The number of likely N-dealkylation sites (N-methyl/N-ethyl adjacent to an activating group) is 1. The molecule has 100 valence electrons. The SMILES string of the molecule is CN(C)CCNCc1cccc(Cl)c1Cl.Cl.Cl. The van der Waals surface area contributed by atoms with Crippen LogP contribution in [0.15, 0.2) is 18.2 Å². The van der Waals surface area contributed by atoms with Gasteiger partial charge in [-0.15, -0.1) is 24.8 Å². The minimum atomic E-state index is 0. The zero-order valence-electron chi connectivity index (χ0n) is 9.87. The second-order valence-electron chi connectivity index (χ2n) is 3.69. The second-order valence-corrected chi connectivity index (χ2v) is 4.48. The molecule has 0 fully saturated rings. The van der Waals surface area contributed by atoms with E-state index in [0.717, 1.165) is 25.2 Å². The van der Waals surface area contributed by atoms with Crippen LogP contribution in [-0.2, 0) is 6.54 Å². The van der Waals surface area contributed by atoms with E-state index >= 15 is 0 Å². The summed E-state index contributed by atoms with van der Waals surface area (Å²) in [4.78, 5) is 2.13. The van der Waals surface area contributed by atoms with Crippen LogP contribution in [0.4, 0.5) is 0 Å². The highest BCUT2D eigenvalue weighted by molar-refractivity contribution is 6.42. The van der Waals surface area contributed by atoms with E-state index in [1.165, 1.54) is 0 Å². The van der Waals surface area contributed by atoms with Crippen LogP contribution < -0.4 is 5.32 Å². The number of hydrogen-bond acceptors (Lipinski definition) is 2. The van der Waals surface area contributed by atoms with Crippen LogP contribution in [0.1, 0.15) is 5.56 Å². The zero-order chi connectivity index (χ0) is 11.3. The smallest absolute Gasteiger partial charge is 0.0637 e. The molecule has 2 nitrogen and oxygen atoms in total. The van der Waals surface area contributed by atoms with Gasteiger partial charge < -0.3 is 10.2 Å². The first-order chi connectivity index (χ1) is 7.11. The minimum absolute atomic E-state index is 0. The lowest BCUT2D eigenvalue weighted by molar-refractivity contribution is 0.400. The van der Waals surface area contributed by atoms with Crippen LogP contribution in [-0.4, -0.2) is 32.1 Å².